The second kappa shape index (κ2) is 10.9. The molecular formula is C26H31N3O3S. The molecule has 2 saturated heterocycles. The maximum absolute atomic E-state index is 12.9. The first-order valence-electron chi connectivity index (χ1n) is 11.6. The second-order valence-electron chi connectivity index (χ2n) is 8.41. The Bertz CT molecular complexity index is 1010. The predicted octanol–water partition coefficient (Wildman–Crippen LogP) is 4.99. The van der Waals surface area contributed by atoms with Gasteiger partial charge in [-0.2, -0.15) is 0 Å². The highest BCUT2D eigenvalue weighted by molar-refractivity contribution is 8.18. The highest BCUT2D eigenvalue weighted by atomic mass is 32.2. The van der Waals surface area contributed by atoms with Crippen LogP contribution in [0.15, 0.2) is 53.4 Å². The number of hydrogen-bond acceptors (Lipinski definition) is 6. The highest BCUT2D eigenvalue weighted by Crippen LogP contribution is 2.33. The summed E-state index contributed by atoms with van der Waals surface area (Å²) in [6, 6.07) is 16.0. The fourth-order valence-corrected chi connectivity index (χ4v) is 4.85. The molecule has 0 bridgehead atoms. The van der Waals surface area contributed by atoms with Crippen molar-refractivity contribution in [3.05, 3.63) is 64.6 Å². The number of ether oxygens (including phenoxy) is 1. The number of imide groups is 1. The molecule has 2 aliphatic rings. The van der Waals surface area contributed by atoms with Crippen molar-refractivity contribution in [3.8, 4) is 5.75 Å². The molecule has 2 aromatic carbocycles. The zero-order valence-electron chi connectivity index (χ0n) is 19.3. The van der Waals surface area contributed by atoms with Crippen molar-refractivity contribution in [1.29, 1.82) is 0 Å². The summed E-state index contributed by atoms with van der Waals surface area (Å²) >= 11 is 1.02. The topological polar surface area (TPSA) is 53.1 Å². The third-order valence-electron chi connectivity index (χ3n) is 5.99. The fraction of sp³-hybridized carbons (Fsp3) is 0.385. The summed E-state index contributed by atoms with van der Waals surface area (Å²) in [5.74, 6) is 0.605. The Hall–Kier alpha value is -2.77. The van der Waals surface area contributed by atoms with Crippen LogP contribution in [0.2, 0.25) is 0 Å². The van der Waals surface area contributed by atoms with Gasteiger partial charge in [0.05, 0.1) is 18.2 Å². The zero-order valence-corrected chi connectivity index (χ0v) is 20.1. The van der Waals surface area contributed by atoms with Crippen LogP contribution in [-0.4, -0.2) is 60.4 Å². The number of amides is 2. The van der Waals surface area contributed by atoms with Crippen molar-refractivity contribution >= 4 is 34.7 Å². The van der Waals surface area contributed by atoms with Gasteiger partial charge in [-0.05, 0) is 60.5 Å². The number of thioether (sulfide) groups is 1. The average molecular weight is 466 g/mol. The van der Waals surface area contributed by atoms with E-state index in [2.05, 4.69) is 47.9 Å². The van der Waals surface area contributed by atoms with E-state index < -0.39 is 0 Å². The molecule has 2 amide bonds. The number of aryl methyl sites for hydroxylation is 1. The first kappa shape index (κ1) is 23.4. The lowest BCUT2D eigenvalue weighted by molar-refractivity contribution is -0.124. The van der Waals surface area contributed by atoms with Gasteiger partial charge in [0.15, 0.2) is 0 Å². The number of hydrogen-bond donors (Lipinski definition) is 0. The maximum Gasteiger partial charge on any atom is 0.294 e. The number of rotatable bonds is 8. The molecule has 2 aromatic rings. The number of nitrogens with zero attached hydrogens (tertiary/aromatic N) is 3. The van der Waals surface area contributed by atoms with Crippen LogP contribution in [0.4, 0.5) is 10.5 Å². The van der Waals surface area contributed by atoms with Gasteiger partial charge in [0, 0.05) is 31.9 Å². The molecule has 0 N–H and O–H groups in total. The Labute approximate surface area is 200 Å². The summed E-state index contributed by atoms with van der Waals surface area (Å²) in [6.07, 6.45) is 3.91. The predicted molar refractivity (Wildman–Crippen MR) is 134 cm³/mol. The molecule has 0 aromatic heterocycles. The Balaban J connectivity index is 1.33. The highest BCUT2D eigenvalue weighted by Gasteiger charge is 2.36. The van der Waals surface area contributed by atoms with E-state index in [4.69, 9.17) is 4.74 Å². The lowest BCUT2D eigenvalue weighted by Gasteiger charge is -2.37. The van der Waals surface area contributed by atoms with Crippen LogP contribution in [0.25, 0.3) is 6.08 Å². The Morgan fingerprint density at radius 3 is 2.42 bits per heavy atom. The first-order valence-corrected chi connectivity index (χ1v) is 12.4. The number of piperazine rings is 1. The summed E-state index contributed by atoms with van der Waals surface area (Å²) in [5.41, 5.74) is 3.41. The van der Waals surface area contributed by atoms with Crippen LogP contribution < -0.4 is 9.64 Å². The van der Waals surface area contributed by atoms with E-state index in [0.717, 1.165) is 62.1 Å². The molecule has 0 atom stereocenters. The van der Waals surface area contributed by atoms with Crippen molar-refractivity contribution in [3.63, 3.8) is 0 Å². The van der Waals surface area contributed by atoms with Crippen molar-refractivity contribution in [2.75, 3.05) is 44.4 Å². The van der Waals surface area contributed by atoms with E-state index in [1.54, 1.807) is 6.08 Å². The SMILES string of the molecule is CCCCOc1ccc(/C=C2\SC(=O)N(CN3CCN(c4ccccc4C)CC3)C2=O)cc1. The average Bonchev–Trinajstić information content (AvgIpc) is 3.08. The normalized spacial score (nSPS) is 18.4. The molecule has 0 unspecified atom stereocenters. The zero-order chi connectivity index (χ0) is 23.2. The lowest BCUT2D eigenvalue weighted by atomic mass is 10.1. The third kappa shape index (κ3) is 5.78. The van der Waals surface area contributed by atoms with Gasteiger partial charge in [-0.25, -0.2) is 0 Å². The quantitative estimate of drug-likeness (QED) is 0.404. The second-order valence-corrected chi connectivity index (χ2v) is 9.41. The fourth-order valence-electron chi connectivity index (χ4n) is 4.02. The minimum Gasteiger partial charge on any atom is -0.494 e. The minimum absolute atomic E-state index is 0.202. The van der Waals surface area contributed by atoms with Crippen LogP contribution >= 0.6 is 11.8 Å². The molecule has 0 spiro atoms. The summed E-state index contributed by atoms with van der Waals surface area (Å²) in [5, 5.41) is -0.202. The van der Waals surface area contributed by atoms with E-state index in [-0.39, 0.29) is 11.1 Å². The minimum atomic E-state index is -0.213. The molecule has 174 valence electrons. The summed E-state index contributed by atoms with van der Waals surface area (Å²) in [7, 11) is 0. The number of carbonyl (C=O) groups excluding carboxylic acids is 2. The van der Waals surface area contributed by atoms with Crippen LogP contribution in [0.5, 0.6) is 5.75 Å². The molecule has 33 heavy (non-hydrogen) atoms. The van der Waals surface area contributed by atoms with Gasteiger partial charge in [-0.15, -0.1) is 0 Å². The first-order chi connectivity index (χ1) is 16.0. The lowest BCUT2D eigenvalue weighted by Crippen LogP contribution is -2.51. The van der Waals surface area contributed by atoms with E-state index in [1.807, 2.05) is 24.3 Å². The van der Waals surface area contributed by atoms with Crippen molar-refractivity contribution in [2.24, 2.45) is 0 Å². The largest absolute Gasteiger partial charge is 0.494 e. The molecule has 7 heteroatoms. The van der Waals surface area contributed by atoms with Gasteiger partial charge in [0.1, 0.15) is 5.75 Å². The molecule has 0 radical (unpaired) electrons. The van der Waals surface area contributed by atoms with E-state index in [9.17, 15) is 9.59 Å². The van der Waals surface area contributed by atoms with Gasteiger partial charge in [0.2, 0.25) is 0 Å². The summed E-state index contributed by atoms with van der Waals surface area (Å²) in [4.78, 5) is 31.9. The molecule has 2 aliphatic heterocycles. The molecular weight excluding hydrogens is 434 g/mol. The van der Waals surface area contributed by atoms with Gasteiger partial charge < -0.3 is 9.64 Å². The van der Waals surface area contributed by atoms with Gasteiger partial charge >= 0.3 is 0 Å². The van der Waals surface area contributed by atoms with E-state index >= 15 is 0 Å². The molecule has 2 heterocycles. The maximum atomic E-state index is 12.9. The van der Waals surface area contributed by atoms with Gasteiger partial charge in [-0.1, -0.05) is 43.7 Å². The van der Waals surface area contributed by atoms with Crippen LogP contribution in [0.1, 0.15) is 30.9 Å². The van der Waals surface area contributed by atoms with E-state index in [0.29, 0.717) is 18.2 Å². The van der Waals surface area contributed by atoms with Gasteiger partial charge in [0.25, 0.3) is 11.1 Å². The molecule has 0 aliphatic carbocycles. The molecule has 0 saturated carbocycles. The van der Waals surface area contributed by atoms with Crippen molar-refractivity contribution in [1.82, 2.24) is 9.80 Å². The monoisotopic (exact) mass is 465 g/mol. The third-order valence-corrected chi connectivity index (χ3v) is 6.90. The Morgan fingerprint density at radius 1 is 1.00 bits per heavy atom. The number of unbranched alkanes of at least 4 members (excludes halogenated alkanes) is 1. The van der Waals surface area contributed by atoms with Crippen molar-refractivity contribution in [2.45, 2.75) is 26.7 Å². The van der Waals surface area contributed by atoms with Crippen LogP contribution in [0, 0.1) is 6.92 Å². The van der Waals surface area contributed by atoms with Crippen LogP contribution in [0.3, 0.4) is 0 Å². The standard InChI is InChI=1S/C26H31N3O3S/c1-3-4-17-32-22-11-9-21(10-12-22)18-24-25(30)29(26(31)33-24)19-27-13-15-28(16-14-27)23-8-6-5-7-20(23)2/h5-12,18H,3-4,13-17,19H2,1-2H3/b24-18-. The van der Waals surface area contributed by atoms with Crippen LogP contribution in [-0.2, 0) is 4.79 Å². The summed E-state index contributed by atoms with van der Waals surface area (Å²) < 4.78 is 5.69. The number of para-hydroxylation sites is 1. The van der Waals surface area contributed by atoms with Crippen molar-refractivity contribution < 1.29 is 14.3 Å². The number of carbonyl (C=O) groups is 2. The number of benzene rings is 2. The number of anilines is 1. The summed E-state index contributed by atoms with van der Waals surface area (Å²) in [6.45, 7) is 8.69. The Kier molecular flexibility index (Phi) is 7.73. The van der Waals surface area contributed by atoms with E-state index in [1.165, 1.54) is 16.2 Å². The smallest absolute Gasteiger partial charge is 0.294 e. The van der Waals surface area contributed by atoms with Gasteiger partial charge in [-0.3, -0.25) is 19.4 Å². The molecule has 6 nitrogen and oxygen atoms in total. The Morgan fingerprint density at radius 2 is 1.73 bits per heavy atom. The molecule has 2 fully saturated rings. The molecule has 4 rings (SSSR count).